The minimum absolute atomic E-state index is 0.0353. The lowest BCUT2D eigenvalue weighted by molar-refractivity contribution is -0.120. The first kappa shape index (κ1) is 21.9. The minimum atomic E-state index is -0.689. The predicted octanol–water partition coefficient (Wildman–Crippen LogP) is 3.28. The normalized spacial score (nSPS) is 10.6. The van der Waals surface area contributed by atoms with E-state index in [0.29, 0.717) is 10.0 Å². The van der Waals surface area contributed by atoms with Crippen molar-refractivity contribution in [2.24, 2.45) is 5.10 Å². The Labute approximate surface area is 184 Å². The third-order valence-corrected chi connectivity index (χ3v) is 4.28. The van der Waals surface area contributed by atoms with Gasteiger partial charge in [-0.25, -0.2) is 14.6 Å². The molecule has 2 aromatic carbocycles. The average molecular weight is 488 g/mol. The number of benzene rings is 2. The third-order valence-electron chi connectivity index (χ3n) is 3.79. The van der Waals surface area contributed by atoms with E-state index in [2.05, 4.69) is 31.8 Å². The Hall–Kier alpha value is -3.79. The first-order valence-electron chi connectivity index (χ1n) is 8.83. The topological polar surface area (TPSA) is 110 Å². The van der Waals surface area contributed by atoms with Crippen molar-refractivity contribution in [3.63, 3.8) is 0 Å². The van der Waals surface area contributed by atoms with Crippen LogP contribution in [0.5, 0.6) is 5.75 Å². The molecule has 2 N–H and O–H groups in total. The molecule has 3 rings (SSSR count). The number of halogens is 2. The van der Waals surface area contributed by atoms with Crippen LogP contribution in [0.4, 0.5) is 4.39 Å². The number of nitrogens with zero attached hydrogens (tertiary/aromatic N) is 1. The Morgan fingerprint density at radius 3 is 2.71 bits per heavy atom. The van der Waals surface area contributed by atoms with Gasteiger partial charge in [0.2, 0.25) is 5.76 Å². The van der Waals surface area contributed by atoms with Crippen molar-refractivity contribution in [2.45, 2.75) is 0 Å². The van der Waals surface area contributed by atoms with E-state index < -0.39 is 23.6 Å². The molecule has 0 aliphatic carbocycles. The maximum atomic E-state index is 13.2. The van der Waals surface area contributed by atoms with E-state index >= 15 is 0 Å². The smallest absolute Gasteiger partial charge is 0.379 e. The molecule has 0 atom stereocenters. The van der Waals surface area contributed by atoms with E-state index in [-0.39, 0.29) is 23.6 Å². The second kappa shape index (κ2) is 10.3. The highest BCUT2D eigenvalue weighted by Gasteiger charge is 2.14. The number of nitrogens with one attached hydrogen (secondary N) is 2. The molecule has 0 unspecified atom stereocenters. The third kappa shape index (κ3) is 6.34. The highest BCUT2D eigenvalue weighted by molar-refractivity contribution is 9.10. The van der Waals surface area contributed by atoms with Gasteiger partial charge in [-0.15, -0.1) is 0 Å². The fourth-order valence-corrected chi connectivity index (χ4v) is 2.74. The number of ether oxygens (including phenoxy) is 1. The Morgan fingerprint density at radius 1 is 1.13 bits per heavy atom. The van der Waals surface area contributed by atoms with Crippen molar-refractivity contribution in [2.75, 3.05) is 6.54 Å². The SMILES string of the molecule is O=C(CNC(=O)c1cccc(F)c1)N/N=C/c1cc(Br)ccc1OC(=O)c1ccco1. The van der Waals surface area contributed by atoms with E-state index in [9.17, 15) is 18.8 Å². The first-order chi connectivity index (χ1) is 14.9. The Kier molecular flexibility index (Phi) is 7.28. The summed E-state index contributed by atoms with van der Waals surface area (Å²) in [7, 11) is 0. The molecule has 1 heterocycles. The van der Waals surface area contributed by atoms with Crippen LogP contribution in [0.3, 0.4) is 0 Å². The molecule has 1 aromatic heterocycles. The fourth-order valence-electron chi connectivity index (χ4n) is 2.36. The van der Waals surface area contributed by atoms with Crippen molar-refractivity contribution < 1.29 is 27.9 Å². The van der Waals surface area contributed by atoms with E-state index in [0.717, 1.165) is 6.07 Å². The van der Waals surface area contributed by atoms with Crippen LogP contribution in [0.25, 0.3) is 0 Å². The van der Waals surface area contributed by atoms with E-state index in [1.807, 2.05) is 0 Å². The monoisotopic (exact) mass is 487 g/mol. The lowest BCUT2D eigenvalue weighted by atomic mass is 10.2. The highest BCUT2D eigenvalue weighted by atomic mass is 79.9. The summed E-state index contributed by atoms with van der Waals surface area (Å²) in [6.07, 6.45) is 2.63. The van der Waals surface area contributed by atoms with Crippen LogP contribution in [-0.2, 0) is 4.79 Å². The lowest BCUT2D eigenvalue weighted by Crippen LogP contribution is -2.34. The number of furan rings is 1. The average Bonchev–Trinajstić information content (AvgIpc) is 3.29. The first-order valence-corrected chi connectivity index (χ1v) is 9.62. The van der Waals surface area contributed by atoms with E-state index in [1.54, 1.807) is 24.3 Å². The molecular weight excluding hydrogens is 473 g/mol. The minimum Gasteiger partial charge on any atom is -0.457 e. The number of carbonyl (C=O) groups is 3. The molecule has 2 amide bonds. The molecule has 3 aromatic rings. The zero-order valence-corrected chi connectivity index (χ0v) is 17.4. The molecule has 10 heteroatoms. The quantitative estimate of drug-likeness (QED) is 0.230. The number of hydrogen-bond acceptors (Lipinski definition) is 6. The van der Waals surface area contributed by atoms with Gasteiger partial charge in [-0.1, -0.05) is 22.0 Å². The summed E-state index contributed by atoms with van der Waals surface area (Å²) in [5.74, 6) is -2.22. The highest BCUT2D eigenvalue weighted by Crippen LogP contribution is 2.23. The summed E-state index contributed by atoms with van der Waals surface area (Å²) >= 11 is 3.31. The van der Waals surface area contributed by atoms with Gasteiger partial charge < -0.3 is 14.5 Å². The van der Waals surface area contributed by atoms with Gasteiger partial charge in [0.25, 0.3) is 11.8 Å². The van der Waals surface area contributed by atoms with Crippen LogP contribution in [0, 0.1) is 5.82 Å². The zero-order valence-electron chi connectivity index (χ0n) is 15.8. The predicted molar refractivity (Wildman–Crippen MR) is 112 cm³/mol. The van der Waals surface area contributed by atoms with Crippen molar-refractivity contribution in [1.29, 1.82) is 0 Å². The second-order valence-corrected chi connectivity index (χ2v) is 6.95. The van der Waals surface area contributed by atoms with Gasteiger partial charge in [0.05, 0.1) is 19.0 Å². The summed E-state index contributed by atoms with van der Waals surface area (Å²) < 4.78 is 24.1. The summed E-state index contributed by atoms with van der Waals surface area (Å²) in [5, 5.41) is 6.16. The number of hydrazone groups is 1. The van der Waals surface area contributed by atoms with Crippen LogP contribution in [0.1, 0.15) is 26.5 Å². The summed E-state index contributed by atoms with van der Waals surface area (Å²) in [4.78, 5) is 35.9. The molecule has 0 fully saturated rings. The van der Waals surface area contributed by atoms with Crippen LogP contribution in [0.2, 0.25) is 0 Å². The van der Waals surface area contributed by atoms with Gasteiger partial charge in [-0.3, -0.25) is 9.59 Å². The molecule has 158 valence electrons. The summed E-state index contributed by atoms with van der Waals surface area (Å²) in [6, 6.07) is 13.0. The summed E-state index contributed by atoms with van der Waals surface area (Å²) in [5.41, 5.74) is 2.74. The van der Waals surface area contributed by atoms with Gasteiger partial charge in [0.1, 0.15) is 11.6 Å². The molecule has 0 bridgehead atoms. The molecule has 0 saturated carbocycles. The zero-order chi connectivity index (χ0) is 22.2. The van der Waals surface area contributed by atoms with Crippen molar-refractivity contribution in [1.82, 2.24) is 10.7 Å². The number of rotatable bonds is 7. The van der Waals surface area contributed by atoms with Crippen molar-refractivity contribution in [3.05, 3.63) is 88.0 Å². The largest absolute Gasteiger partial charge is 0.457 e. The van der Waals surface area contributed by atoms with Gasteiger partial charge in [0, 0.05) is 15.6 Å². The van der Waals surface area contributed by atoms with Gasteiger partial charge >= 0.3 is 5.97 Å². The van der Waals surface area contributed by atoms with Crippen LogP contribution >= 0.6 is 15.9 Å². The molecule has 0 aliphatic rings. The molecule has 0 saturated heterocycles. The molecule has 0 radical (unpaired) electrons. The molecule has 0 spiro atoms. The second-order valence-electron chi connectivity index (χ2n) is 6.04. The van der Waals surface area contributed by atoms with Crippen molar-refractivity contribution in [3.8, 4) is 5.75 Å². The van der Waals surface area contributed by atoms with Gasteiger partial charge in [-0.2, -0.15) is 5.10 Å². The number of hydrogen-bond donors (Lipinski definition) is 2. The number of esters is 1. The van der Waals surface area contributed by atoms with Gasteiger partial charge in [0.15, 0.2) is 0 Å². The standard InChI is InChI=1S/C21H15BrFN3O5/c22-15-6-7-17(31-21(29)18-5-2-8-30-18)14(9-15)11-25-26-19(27)12-24-20(28)13-3-1-4-16(23)10-13/h1-11H,12H2,(H,24,28)(H,26,27)/b25-11+. The maximum Gasteiger partial charge on any atom is 0.379 e. The maximum absolute atomic E-state index is 13.2. The number of amides is 2. The molecular formula is C21H15BrFN3O5. The summed E-state index contributed by atoms with van der Waals surface area (Å²) in [6.45, 7) is -0.370. The molecule has 8 nitrogen and oxygen atoms in total. The molecule has 31 heavy (non-hydrogen) atoms. The van der Waals surface area contributed by atoms with Crippen molar-refractivity contribution >= 4 is 39.9 Å². The van der Waals surface area contributed by atoms with Crippen LogP contribution in [-0.4, -0.2) is 30.5 Å². The Morgan fingerprint density at radius 2 is 1.97 bits per heavy atom. The van der Waals surface area contributed by atoms with E-state index in [4.69, 9.17) is 9.15 Å². The van der Waals surface area contributed by atoms with Crippen LogP contribution in [0.15, 0.2) is 74.9 Å². The fraction of sp³-hybridized carbons (Fsp3) is 0.0476. The Balaban J connectivity index is 1.57. The molecule has 0 aliphatic heterocycles. The number of carbonyl (C=O) groups excluding carboxylic acids is 3. The van der Waals surface area contributed by atoms with E-state index in [1.165, 1.54) is 36.7 Å². The lowest BCUT2D eigenvalue weighted by Gasteiger charge is -2.07. The van der Waals surface area contributed by atoms with Crippen LogP contribution < -0.4 is 15.5 Å². The van der Waals surface area contributed by atoms with Gasteiger partial charge in [-0.05, 0) is 48.5 Å². The Bertz CT molecular complexity index is 1130.